The summed E-state index contributed by atoms with van der Waals surface area (Å²) in [4.78, 5) is 19.0. The Hall–Kier alpha value is -2.95. The zero-order valence-electron chi connectivity index (χ0n) is 12.2. The van der Waals surface area contributed by atoms with E-state index in [0.29, 0.717) is 5.56 Å². The molecule has 0 aliphatic carbocycles. The number of H-pyrrole nitrogens is 1. The number of aryl methyl sites for hydroxylation is 1. The number of rotatable bonds is 4. The number of carbonyl (C=O) groups excluding carboxylic acids is 1. The molecule has 0 radical (unpaired) electrons. The van der Waals surface area contributed by atoms with E-state index in [-0.39, 0.29) is 5.91 Å². The van der Waals surface area contributed by atoms with E-state index in [1.54, 1.807) is 30.7 Å². The summed E-state index contributed by atoms with van der Waals surface area (Å²) in [5.41, 5.74) is 6.37. The highest BCUT2D eigenvalue weighted by Gasteiger charge is 2.05. The lowest BCUT2D eigenvalue weighted by Gasteiger charge is -1.99. The number of para-hydroxylation sites is 1. The molecule has 0 atom stereocenters. The van der Waals surface area contributed by atoms with Crippen molar-refractivity contribution in [2.45, 2.75) is 13.3 Å². The minimum atomic E-state index is -0.257. The van der Waals surface area contributed by atoms with Gasteiger partial charge in [-0.15, -0.1) is 0 Å². The summed E-state index contributed by atoms with van der Waals surface area (Å²) in [7, 11) is 0. The first kappa shape index (κ1) is 14.0. The number of hydrogen-bond donors (Lipinski definition) is 2. The smallest absolute Gasteiger partial charge is 0.271 e. The van der Waals surface area contributed by atoms with Crippen LogP contribution in [0.4, 0.5) is 0 Å². The van der Waals surface area contributed by atoms with Crippen LogP contribution in [0, 0.1) is 0 Å². The average Bonchev–Trinajstić information content (AvgIpc) is 2.99. The van der Waals surface area contributed by atoms with Crippen molar-refractivity contribution in [3.8, 4) is 0 Å². The normalized spacial score (nSPS) is 11.1. The molecule has 0 saturated heterocycles. The summed E-state index contributed by atoms with van der Waals surface area (Å²) in [6.07, 6.45) is 7.66. The maximum atomic E-state index is 11.9. The van der Waals surface area contributed by atoms with Gasteiger partial charge >= 0.3 is 0 Å². The number of fused-ring (bicyclic) bond motifs is 1. The van der Waals surface area contributed by atoms with Crippen LogP contribution in [0.1, 0.15) is 28.4 Å². The third kappa shape index (κ3) is 2.74. The van der Waals surface area contributed by atoms with Gasteiger partial charge in [-0.2, -0.15) is 5.10 Å². The number of nitrogens with one attached hydrogen (secondary N) is 2. The summed E-state index contributed by atoms with van der Waals surface area (Å²) in [6, 6.07) is 9.46. The maximum absolute atomic E-state index is 11.9. The molecule has 0 fully saturated rings. The molecule has 22 heavy (non-hydrogen) atoms. The monoisotopic (exact) mass is 292 g/mol. The Labute approximate surface area is 128 Å². The van der Waals surface area contributed by atoms with E-state index in [1.165, 1.54) is 5.56 Å². The van der Waals surface area contributed by atoms with Crippen molar-refractivity contribution in [1.29, 1.82) is 0 Å². The van der Waals surface area contributed by atoms with Gasteiger partial charge in [0.1, 0.15) is 0 Å². The number of benzene rings is 1. The number of hydrogen-bond acceptors (Lipinski definition) is 3. The fourth-order valence-corrected chi connectivity index (χ4v) is 2.37. The molecule has 0 unspecified atom stereocenters. The number of aromatic nitrogens is 2. The quantitative estimate of drug-likeness (QED) is 0.573. The largest absolute Gasteiger partial charge is 0.360 e. The molecule has 0 saturated carbocycles. The molecule has 2 aromatic heterocycles. The summed E-state index contributed by atoms with van der Waals surface area (Å²) < 4.78 is 0. The number of pyridine rings is 1. The minimum Gasteiger partial charge on any atom is -0.360 e. The Morgan fingerprint density at radius 2 is 2.14 bits per heavy atom. The molecule has 0 spiro atoms. The van der Waals surface area contributed by atoms with Gasteiger partial charge in [0, 0.05) is 40.6 Å². The lowest BCUT2D eigenvalue weighted by atomic mass is 10.1. The van der Waals surface area contributed by atoms with Crippen LogP contribution >= 0.6 is 0 Å². The first-order chi connectivity index (χ1) is 10.8. The van der Waals surface area contributed by atoms with Crippen molar-refractivity contribution in [3.05, 3.63) is 65.6 Å². The standard InChI is InChI=1S/C17H16N4O/c1-2-12-4-3-5-15-14(10-19-16(12)15)11-20-21-17(22)13-6-8-18-9-7-13/h3-11,19H,2H2,1H3,(H,21,22). The Kier molecular flexibility index (Phi) is 3.96. The molecule has 5 nitrogen and oxygen atoms in total. The van der Waals surface area contributed by atoms with Gasteiger partial charge in [0.15, 0.2) is 0 Å². The zero-order chi connectivity index (χ0) is 15.4. The molecule has 3 rings (SSSR count). The summed E-state index contributed by atoms with van der Waals surface area (Å²) in [5.74, 6) is -0.257. The van der Waals surface area contributed by atoms with Crippen LogP contribution in [0.3, 0.4) is 0 Å². The minimum absolute atomic E-state index is 0.257. The van der Waals surface area contributed by atoms with E-state index in [0.717, 1.165) is 22.9 Å². The van der Waals surface area contributed by atoms with Gasteiger partial charge in [-0.05, 0) is 24.1 Å². The average molecular weight is 292 g/mol. The van der Waals surface area contributed by atoms with Gasteiger partial charge in [-0.3, -0.25) is 9.78 Å². The lowest BCUT2D eigenvalue weighted by molar-refractivity contribution is 0.0955. The van der Waals surface area contributed by atoms with Crippen LogP contribution in [0.5, 0.6) is 0 Å². The third-order valence-electron chi connectivity index (χ3n) is 3.53. The van der Waals surface area contributed by atoms with E-state index in [1.807, 2.05) is 18.3 Å². The van der Waals surface area contributed by atoms with Crippen molar-refractivity contribution in [2.75, 3.05) is 0 Å². The Morgan fingerprint density at radius 3 is 2.91 bits per heavy atom. The number of hydrazone groups is 1. The molecule has 0 aliphatic heterocycles. The molecule has 3 aromatic rings. The Morgan fingerprint density at radius 1 is 1.32 bits per heavy atom. The van der Waals surface area contributed by atoms with Crippen molar-refractivity contribution in [1.82, 2.24) is 15.4 Å². The van der Waals surface area contributed by atoms with E-state index < -0.39 is 0 Å². The van der Waals surface area contributed by atoms with Crippen LogP contribution in [0.15, 0.2) is 54.0 Å². The van der Waals surface area contributed by atoms with Crippen LogP contribution in [-0.2, 0) is 6.42 Å². The van der Waals surface area contributed by atoms with Gasteiger partial charge in [-0.1, -0.05) is 25.1 Å². The number of carbonyl (C=O) groups is 1. The third-order valence-corrected chi connectivity index (χ3v) is 3.53. The van der Waals surface area contributed by atoms with Gasteiger partial charge in [0.2, 0.25) is 0 Å². The number of nitrogens with zero attached hydrogens (tertiary/aromatic N) is 2. The van der Waals surface area contributed by atoms with Gasteiger partial charge in [0.25, 0.3) is 5.91 Å². The highest BCUT2D eigenvalue weighted by molar-refractivity contribution is 6.01. The fraction of sp³-hybridized carbons (Fsp3) is 0.118. The summed E-state index contributed by atoms with van der Waals surface area (Å²) in [6.45, 7) is 2.12. The van der Waals surface area contributed by atoms with Crippen LogP contribution in [-0.4, -0.2) is 22.1 Å². The van der Waals surface area contributed by atoms with Crippen LogP contribution in [0.2, 0.25) is 0 Å². The van der Waals surface area contributed by atoms with Gasteiger partial charge < -0.3 is 4.98 Å². The second-order valence-electron chi connectivity index (χ2n) is 4.87. The van der Waals surface area contributed by atoms with E-state index >= 15 is 0 Å². The van der Waals surface area contributed by atoms with Crippen LogP contribution in [0.25, 0.3) is 10.9 Å². The molecule has 0 bridgehead atoms. The second-order valence-corrected chi connectivity index (χ2v) is 4.87. The topological polar surface area (TPSA) is 70.1 Å². The molecule has 110 valence electrons. The maximum Gasteiger partial charge on any atom is 0.271 e. The van der Waals surface area contributed by atoms with Crippen molar-refractivity contribution in [2.24, 2.45) is 5.10 Å². The second kappa shape index (κ2) is 6.22. The summed E-state index contributed by atoms with van der Waals surface area (Å²) >= 11 is 0. The highest BCUT2D eigenvalue weighted by Crippen LogP contribution is 2.20. The first-order valence-corrected chi connectivity index (χ1v) is 7.12. The molecule has 0 aliphatic rings. The molecular weight excluding hydrogens is 276 g/mol. The SMILES string of the molecule is CCc1cccc2c(C=NNC(=O)c3ccncc3)c[nH]c12. The first-order valence-electron chi connectivity index (χ1n) is 7.12. The van der Waals surface area contributed by atoms with E-state index in [4.69, 9.17) is 0 Å². The molecule has 2 N–H and O–H groups in total. The number of amides is 1. The Bertz CT molecular complexity index is 821. The van der Waals surface area contributed by atoms with E-state index in [9.17, 15) is 4.79 Å². The molecule has 5 heteroatoms. The highest BCUT2D eigenvalue weighted by atomic mass is 16.2. The van der Waals surface area contributed by atoms with Gasteiger partial charge in [0.05, 0.1) is 6.21 Å². The van der Waals surface area contributed by atoms with Crippen molar-refractivity contribution >= 4 is 23.0 Å². The predicted molar refractivity (Wildman–Crippen MR) is 87.0 cm³/mol. The lowest BCUT2D eigenvalue weighted by Crippen LogP contribution is -2.17. The molecule has 1 amide bonds. The number of aromatic amines is 1. The predicted octanol–water partition coefficient (Wildman–Crippen LogP) is 2.89. The van der Waals surface area contributed by atoms with E-state index in [2.05, 4.69) is 33.5 Å². The molecule has 2 heterocycles. The van der Waals surface area contributed by atoms with Crippen molar-refractivity contribution in [3.63, 3.8) is 0 Å². The fourth-order valence-electron chi connectivity index (χ4n) is 2.37. The van der Waals surface area contributed by atoms with Crippen LogP contribution < -0.4 is 5.43 Å². The van der Waals surface area contributed by atoms with Crippen molar-refractivity contribution < 1.29 is 4.79 Å². The van der Waals surface area contributed by atoms with Gasteiger partial charge in [-0.25, -0.2) is 5.43 Å². The molecular formula is C17H16N4O. The molecule has 1 aromatic carbocycles. The Balaban J connectivity index is 1.78. The summed E-state index contributed by atoms with van der Waals surface area (Å²) in [5, 5.41) is 5.13. The zero-order valence-corrected chi connectivity index (χ0v) is 12.2.